The summed E-state index contributed by atoms with van der Waals surface area (Å²) in [5, 5.41) is 3.81. The maximum Gasteiger partial charge on any atom is 0.280 e. The van der Waals surface area contributed by atoms with Crippen molar-refractivity contribution in [2.45, 2.75) is 6.43 Å². The second-order valence-electron chi connectivity index (χ2n) is 4.71. The molecule has 0 radical (unpaired) electrons. The van der Waals surface area contributed by atoms with Crippen LogP contribution in [0.5, 0.6) is 0 Å². The van der Waals surface area contributed by atoms with E-state index in [-0.39, 0.29) is 5.69 Å². The molecule has 1 aromatic heterocycles. The van der Waals surface area contributed by atoms with Gasteiger partial charge < -0.3 is 5.32 Å². The summed E-state index contributed by atoms with van der Waals surface area (Å²) in [5.41, 5.74) is 2.85. The van der Waals surface area contributed by atoms with E-state index in [9.17, 15) is 8.78 Å². The number of benzene rings is 2. The van der Waals surface area contributed by atoms with Crippen molar-refractivity contribution in [3.63, 3.8) is 0 Å². The highest BCUT2D eigenvalue weighted by Gasteiger charge is 2.15. The first kappa shape index (κ1) is 13.5. The second-order valence-corrected chi connectivity index (χ2v) is 4.71. The number of halogens is 2. The number of fused-ring (bicyclic) bond motifs is 1. The Hall–Kier alpha value is -2.49. The quantitative estimate of drug-likeness (QED) is 0.741. The highest BCUT2D eigenvalue weighted by atomic mass is 19.3. The number of hydrogen-bond donors (Lipinski definition) is 1. The molecule has 3 aromatic rings. The predicted octanol–water partition coefficient (Wildman–Crippen LogP) is 4.88. The van der Waals surface area contributed by atoms with Gasteiger partial charge in [-0.3, -0.25) is 0 Å². The second kappa shape index (κ2) is 5.48. The lowest BCUT2D eigenvalue weighted by molar-refractivity contribution is 0.146. The zero-order valence-electron chi connectivity index (χ0n) is 11.5. The van der Waals surface area contributed by atoms with E-state index in [1.807, 2.05) is 48.5 Å². The SMILES string of the molecule is CNc1cc(C(F)F)nc2c(-c3ccccc3)cccc12. The van der Waals surface area contributed by atoms with Gasteiger partial charge >= 0.3 is 0 Å². The first-order valence-electron chi connectivity index (χ1n) is 6.65. The summed E-state index contributed by atoms with van der Waals surface area (Å²) in [6, 6.07) is 16.8. The van der Waals surface area contributed by atoms with E-state index in [0.717, 1.165) is 16.5 Å². The molecule has 0 aliphatic carbocycles. The number of aromatic nitrogens is 1. The van der Waals surface area contributed by atoms with Gasteiger partial charge in [0, 0.05) is 23.7 Å². The lowest BCUT2D eigenvalue weighted by atomic mass is 10.0. The van der Waals surface area contributed by atoms with Crippen molar-refractivity contribution in [3.05, 3.63) is 60.3 Å². The molecule has 21 heavy (non-hydrogen) atoms. The molecule has 0 bridgehead atoms. The molecule has 3 rings (SSSR count). The van der Waals surface area contributed by atoms with E-state index in [0.29, 0.717) is 11.2 Å². The Morgan fingerprint density at radius 1 is 1.00 bits per heavy atom. The summed E-state index contributed by atoms with van der Waals surface area (Å²) < 4.78 is 26.1. The fourth-order valence-electron chi connectivity index (χ4n) is 2.44. The predicted molar refractivity (Wildman–Crippen MR) is 81.7 cm³/mol. The van der Waals surface area contributed by atoms with Crippen LogP contribution in [0.4, 0.5) is 14.5 Å². The Kier molecular flexibility index (Phi) is 3.52. The molecule has 0 fully saturated rings. The zero-order chi connectivity index (χ0) is 14.8. The summed E-state index contributed by atoms with van der Waals surface area (Å²) in [7, 11) is 1.72. The molecular weight excluding hydrogens is 270 g/mol. The molecule has 2 aromatic carbocycles. The van der Waals surface area contributed by atoms with E-state index < -0.39 is 6.43 Å². The van der Waals surface area contributed by atoms with E-state index in [4.69, 9.17) is 0 Å². The number of nitrogens with one attached hydrogen (secondary N) is 1. The van der Waals surface area contributed by atoms with Crippen LogP contribution in [0.1, 0.15) is 12.1 Å². The summed E-state index contributed by atoms with van der Waals surface area (Å²) in [4.78, 5) is 4.17. The molecule has 0 aliphatic heterocycles. The Labute approximate surface area is 121 Å². The van der Waals surface area contributed by atoms with Crippen molar-refractivity contribution in [1.29, 1.82) is 0 Å². The summed E-state index contributed by atoms with van der Waals surface area (Å²) in [6.45, 7) is 0. The number of alkyl halides is 2. The Bertz CT molecular complexity index is 770. The topological polar surface area (TPSA) is 24.9 Å². The van der Waals surface area contributed by atoms with Crippen LogP contribution in [0.25, 0.3) is 22.0 Å². The van der Waals surface area contributed by atoms with Gasteiger partial charge in [-0.1, -0.05) is 48.5 Å². The van der Waals surface area contributed by atoms with Gasteiger partial charge in [-0.15, -0.1) is 0 Å². The average Bonchev–Trinajstić information content (AvgIpc) is 2.53. The van der Waals surface area contributed by atoms with Crippen LogP contribution in [-0.4, -0.2) is 12.0 Å². The molecule has 1 N–H and O–H groups in total. The fourth-order valence-corrected chi connectivity index (χ4v) is 2.44. The van der Waals surface area contributed by atoms with E-state index >= 15 is 0 Å². The Morgan fingerprint density at radius 3 is 2.43 bits per heavy atom. The summed E-state index contributed by atoms with van der Waals surface area (Å²) in [6.07, 6.45) is -2.59. The molecule has 0 atom stereocenters. The third kappa shape index (κ3) is 2.44. The molecule has 0 spiro atoms. The smallest absolute Gasteiger partial charge is 0.280 e. The maximum absolute atomic E-state index is 13.1. The Morgan fingerprint density at radius 2 is 1.76 bits per heavy atom. The normalized spacial score (nSPS) is 11.0. The Balaban J connectivity index is 2.34. The van der Waals surface area contributed by atoms with Crippen LogP contribution in [0, 0.1) is 0 Å². The molecule has 1 heterocycles. The number of para-hydroxylation sites is 1. The van der Waals surface area contributed by atoms with Crippen LogP contribution in [0.3, 0.4) is 0 Å². The van der Waals surface area contributed by atoms with Gasteiger partial charge in [0.15, 0.2) is 0 Å². The molecule has 0 aliphatic rings. The van der Waals surface area contributed by atoms with Gasteiger partial charge in [-0.25, -0.2) is 13.8 Å². The molecular formula is C17H14F2N2. The number of pyridine rings is 1. The van der Waals surface area contributed by atoms with Gasteiger partial charge in [0.25, 0.3) is 6.43 Å². The molecule has 2 nitrogen and oxygen atoms in total. The van der Waals surface area contributed by atoms with Crippen molar-refractivity contribution in [2.75, 3.05) is 12.4 Å². The van der Waals surface area contributed by atoms with Crippen LogP contribution < -0.4 is 5.32 Å². The minimum atomic E-state index is -2.59. The van der Waals surface area contributed by atoms with E-state index in [2.05, 4.69) is 10.3 Å². The standard InChI is InChI=1S/C17H14F2N2/c1-20-14-10-15(17(18)19)21-16-12(8-5-9-13(14)16)11-6-3-2-4-7-11/h2-10,17H,1H3,(H,20,21). The minimum Gasteiger partial charge on any atom is -0.388 e. The van der Waals surface area contributed by atoms with Crippen molar-refractivity contribution < 1.29 is 8.78 Å². The maximum atomic E-state index is 13.1. The van der Waals surface area contributed by atoms with Crippen LogP contribution in [0.15, 0.2) is 54.6 Å². The highest BCUT2D eigenvalue weighted by molar-refractivity contribution is 6.00. The molecule has 0 amide bonds. The number of nitrogens with zero attached hydrogens (tertiary/aromatic N) is 1. The number of anilines is 1. The van der Waals surface area contributed by atoms with Crippen molar-refractivity contribution in [1.82, 2.24) is 4.98 Å². The lowest BCUT2D eigenvalue weighted by Crippen LogP contribution is -1.98. The molecule has 0 saturated carbocycles. The van der Waals surface area contributed by atoms with Crippen LogP contribution >= 0.6 is 0 Å². The molecule has 0 unspecified atom stereocenters. The average molecular weight is 284 g/mol. The van der Waals surface area contributed by atoms with Gasteiger partial charge in [0.2, 0.25) is 0 Å². The van der Waals surface area contributed by atoms with Gasteiger partial charge in [-0.05, 0) is 11.6 Å². The first-order chi connectivity index (χ1) is 10.2. The third-order valence-corrected chi connectivity index (χ3v) is 3.44. The lowest BCUT2D eigenvalue weighted by Gasteiger charge is -2.12. The molecule has 0 saturated heterocycles. The minimum absolute atomic E-state index is 0.213. The van der Waals surface area contributed by atoms with E-state index in [1.54, 1.807) is 7.05 Å². The highest BCUT2D eigenvalue weighted by Crippen LogP contribution is 2.33. The zero-order valence-corrected chi connectivity index (χ0v) is 11.5. The summed E-state index contributed by atoms with van der Waals surface area (Å²) in [5.74, 6) is 0. The molecule has 4 heteroatoms. The van der Waals surface area contributed by atoms with Crippen molar-refractivity contribution in [2.24, 2.45) is 0 Å². The first-order valence-corrected chi connectivity index (χ1v) is 6.65. The van der Waals surface area contributed by atoms with Crippen molar-refractivity contribution >= 4 is 16.6 Å². The largest absolute Gasteiger partial charge is 0.388 e. The van der Waals surface area contributed by atoms with Crippen molar-refractivity contribution in [3.8, 4) is 11.1 Å². The summed E-state index contributed by atoms with van der Waals surface area (Å²) >= 11 is 0. The number of hydrogen-bond acceptors (Lipinski definition) is 2. The number of rotatable bonds is 3. The third-order valence-electron chi connectivity index (χ3n) is 3.44. The fraction of sp³-hybridized carbons (Fsp3) is 0.118. The van der Waals surface area contributed by atoms with E-state index in [1.165, 1.54) is 6.07 Å². The van der Waals surface area contributed by atoms with Crippen LogP contribution in [-0.2, 0) is 0 Å². The van der Waals surface area contributed by atoms with Gasteiger partial charge in [0.1, 0.15) is 5.69 Å². The van der Waals surface area contributed by atoms with Crippen LogP contribution in [0.2, 0.25) is 0 Å². The van der Waals surface area contributed by atoms with Gasteiger partial charge in [0.05, 0.1) is 5.52 Å². The van der Waals surface area contributed by atoms with Gasteiger partial charge in [-0.2, -0.15) is 0 Å². The molecule has 106 valence electrons. The monoisotopic (exact) mass is 284 g/mol.